The van der Waals surface area contributed by atoms with E-state index >= 15 is 0 Å². The molecule has 11 nitrogen and oxygen atoms in total. The van der Waals surface area contributed by atoms with Crippen LogP contribution < -0.4 is 0 Å². The van der Waals surface area contributed by atoms with E-state index < -0.39 is 12.4 Å². The lowest BCUT2D eigenvalue weighted by Gasteiger charge is -2.45. The minimum absolute atomic E-state index is 0.0405. The molecule has 4 aliphatic carbocycles. The van der Waals surface area contributed by atoms with E-state index in [1.165, 1.54) is 5.57 Å². The van der Waals surface area contributed by atoms with Crippen LogP contribution in [-0.2, 0) is 47.5 Å². The van der Waals surface area contributed by atoms with Crippen LogP contribution in [0.5, 0.6) is 0 Å². The van der Waals surface area contributed by atoms with Gasteiger partial charge in [-0.25, -0.2) is 0 Å². The van der Waals surface area contributed by atoms with Crippen LogP contribution in [0.2, 0.25) is 0 Å². The fourth-order valence-corrected chi connectivity index (χ4v) is 11.4. The smallest absolute Gasteiger partial charge is 0.306 e. The summed E-state index contributed by atoms with van der Waals surface area (Å²) in [6.45, 7) is 8.46. The van der Waals surface area contributed by atoms with E-state index in [4.69, 9.17) is 37.9 Å². The number of Topliss-reactive ketones (excluding diaryl/α,β-unsaturated/α-hetero) is 1. The van der Waals surface area contributed by atoms with Crippen molar-refractivity contribution in [3.05, 3.63) is 23.3 Å². The molecule has 3 aliphatic heterocycles. The van der Waals surface area contributed by atoms with Gasteiger partial charge in [0.25, 0.3) is 0 Å². The van der Waals surface area contributed by atoms with Crippen molar-refractivity contribution < 1.29 is 47.5 Å². The quantitative estimate of drug-likeness (QED) is 0.185. The van der Waals surface area contributed by atoms with Gasteiger partial charge in [-0.2, -0.15) is 0 Å². The Kier molecular flexibility index (Phi) is 13.3. The van der Waals surface area contributed by atoms with E-state index in [9.17, 15) is 9.59 Å². The number of ketones is 1. The first kappa shape index (κ1) is 41.5. The molecule has 0 N–H and O–H groups in total. The van der Waals surface area contributed by atoms with Gasteiger partial charge in [0.05, 0.1) is 30.8 Å². The predicted molar refractivity (Wildman–Crippen MR) is 206 cm³/mol. The second-order valence-electron chi connectivity index (χ2n) is 18.1. The summed E-state index contributed by atoms with van der Waals surface area (Å²) in [7, 11) is 9.23. The molecule has 7 aliphatic rings. The molecule has 0 amide bonds. The van der Waals surface area contributed by atoms with Crippen LogP contribution in [0.3, 0.4) is 0 Å². The summed E-state index contributed by atoms with van der Waals surface area (Å²) in [5.41, 5.74) is 2.10. The van der Waals surface area contributed by atoms with Crippen LogP contribution in [0.4, 0.5) is 0 Å². The Labute approximate surface area is 329 Å². The summed E-state index contributed by atoms with van der Waals surface area (Å²) in [6.07, 6.45) is 11.2. The molecule has 14 unspecified atom stereocenters. The van der Waals surface area contributed by atoms with Crippen molar-refractivity contribution in [2.24, 2.45) is 41.4 Å². The number of hydrogen-bond donors (Lipinski definition) is 0. The number of carbonyl (C=O) groups is 2. The van der Waals surface area contributed by atoms with Crippen molar-refractivity contribution in [2.45, 2.75) is 166 Å². The van der Waals surface area contributed by atoms with Gasteiger partial charge in [-0.1, -0.05) is 31.6 Å². The zero-order chi connectivity index (χ0) is 39.1. The molecule has 310 valence electrons. The van der Waals surface area contributed by atoms with Crippen molar-refractivity contribution in [3.8, 4) is 0 Å². The third-order valence-corrected chi connectivity index (χ3v) is 14.6. The highest BCUT2D eigenvalue weighted by Gasteiger charge is 2.54. The second-order valence-corrected chi connectivity index (χ2v) is 18.1. The highest BCUT2D eigenvalue weighted by molar-refractivity contribution is 5.99. The lowest BCUT2D eigenvalue weighted by Crippen LogP contribution is -2.60. The van der Waals surface area contributed by atoms with Crippen LogP contribution in [-0.4, -0.2) is 120 Å². The van der Waals surface area contributed by atoms with Crippen LogP contribution in [0, 0.1) is 41.4 Å². The van der Waals surface area contributed by atoms with Crippen LogP contribution >= 0.6 is 0 Å². The van der Waals surface area contributed by atoms with Crippen molar-refractivity contribution >= 4 is 11.8 Å². The highest BCUT2D eigenvalue weighted by Crippen LogP contribution is 2.56. The fraction of sp³-hybridized carbons (Fsp3) is 0.864. The zero-order valence-electron chi connectivity index (χ0n) is 34.9. The Morgan fingerprint density at radius 3 is 2.22 bits per heavy atom. The van der Waals surface area contributed by atoms with Crippen molar-refractivity contribution in [1.29, 1.82) is 0 Å². The fourth-order valence-electron chi connectivity index (χ4n) is 11.4. The molecule has 0 aromatic carbocycles. The Morgan fingerprint density at radius 1 is 0.818 bits per heavy atom. The standard InChI is InChI=1S/C44H69NO10/c1-10-35-41(48-7)42(49-8)43(50-9)44(55-35)52-27-19-28-23(2)18-29-31(30(28)20-27)21-33-32(29)22-38(46)53-37(26-14-15-26)13-11-12-36(24(3)40(33)47)54-39-17-16-34(45(5)6)25(4)51-39/h18,21,24-32,34-37,39,41-44H,10-17,19-20,22H2,1-9H3/t24?,25-,27?,28?,29?,30?,31?,32?,34-,35+,36?,37?,39?,41?,42?,43?,44?/m1/s1. The third-order valence-electron chi connectivity index (χ3n) is 14.6. The summed E-state index contributed by atoms with van der Waals surface area (Å²) >= 11 is 0. The van der Waals surface area contributed by atoms with Gasteiger partial charge in [0.15, 0.2) is 18.4 Å². The summed E-state index contributed by atoms with van der Waals surface area (Å²) in [4.78, 5) is 30.8. The van der Waals surface area contributed by atoms with E-state index in [1.807, 2.05) is 6.92 Å². The van der Waals surface area contributed by atoms with Crippen molar-refractivity contribution in [3.63, 3.8) is 0 Å². The van der Waals surface area contributed by atoms with Gasteiger partial charge in [0.2, 0.25) is 0 Å². The number of fused-ring (bicyclic) bond motifs is 5. The number of hydrogen-bond acceptors (Lipinski definition) is 11. The summed E-state index contributed by atoms with van der Waals surface area (Å²) < 4.78 is 50.5. The van der Waals surface area contributed by atoms with Gasteiger partial charge < -0.3 is 42.8 Å². The van der Waals surface area contributed by atoms with Crippen molar-refractivity contribution in [1.82, 2.24) is 4.90 Å². The number of ether oxygens (including phenoxy) is 8. The summed E-state index contributed by atoms with van der Waals surface area (Å²) in [6, 6.07) is 0.341. The maximum absolute atomic E-state index is 14.8. The molecule has 17 atom stereocenters. The third kappa shape index (κ3) is 8.56. The first-order chi connectivity index (χ1) is 26.5. The number of allylic oxidation sites excluding steroid dienone is 4. The van der Waals surface area contributed by atoms with Gasteiger partial charge in [0, 0.05) is 39.2 Å². The Hall–Kier alpha value is -1.70. The molecule has 0 aromatic heterocycles. The normalized spacial score (nSPS) is 45.5. The van der Waals surface area contributed by atoms with E-state index in [-0.39, 0.29) is 96.8 Å². The molecule has 0 bridgehead atoms. The Bertz CT molecular complexity index is 1410. The average Bonchev–Trinajstić information content (AvgIpc) is 3.83. The van der Waals surface area contributed by atoms with E-state index in [0.29, 0.717) is 17.9 Å². The van der Waals surface area contributed by atoms with Crippen molar-refractivity contribution in [2.75, 3.05) is 35.4 Å². The predicted octanol–water partition coefficient (Wildman–Crippen LogP) is 6.27. The Balaban J connectivity index is 1.12. The van der Waals surface area contributed by atoms with E-state index in [1.54, 1.807) is 21.3 Å². The lowest BCUT2D eigenvalue weighted by molar-refractivity contribution is -0.317. The number of likely N-dealkylation sites (N-methyl/N-ethyl adjacent to an activating group) is 1. The molecule has 0 spiro atoms. The van der Waals surface area contributed by atoms with Gasteiger partial charge in [-0.05, 0) is 127 Å². The summed E-state index contributed by atoms with van der Waals surface area (Å²) in [5.74, 6) is 0.541. The number of rotatable bonds is 10. The number of nitrogens with zero attached hydrogens (tertiary/aromatic N) is 1. The maximum Gasteiger partial charge on any atom is 0.306 e. The second kappa shape index (κ2) is 17.7. The number of cyclic esters (lactones) is 1. The topological polar surface area (TPSA) is 111 Å². The molecular formula is C44H69NO10. The monoisotopic (exact) mass is 771 g/mol. The first-order valence-electron chi connectivity index (χ1n) is 21.5. The first-order valence-corrected chi connectivity index (χ1v) is 21.5. The maximum atomic E-state index is 14.8. The van der Waals surface area contributed by atoms with Crippen LogP contribution in [0.1, 0.15) is 98.3 Å². The molecule has 0 radical (unpaired) electrons. The molecule has 3 heterocycles. The average molecular weight is 772 g/mol. The number of carbonyl (C=O) groups excluding carboxylic acids is 2. The molecule has 11 heteroatoms. The van der Waals surface area contributed by atoms with E-state index in [2.05, 4.69) is 51.9 Å². The van der Waals surface area contributed by atoms with Gasteiger partial charge >= 0.3 is 5.97 Å². The van der Waals surface area contributed by atoms with Gasteiger partial charge in [-0.15, -0.1) is 0 Å². The molecule has 2 saturated carbocycles. The SMILES string of the molecule is CC[C@@H]1OC(OC2CC3C(C)=CC4C5CC(=O)OC(C6CC6)CCCC(OC6CC[C@@H](N(C)C)[C@@H](C)O6)C(C)C(=O)C5=CC4C3C2)C(OC)C(OC)C1OC. The summed E-state index contributed by atoms with van der Waals surface area (Å²) in [5, 5.41) is 0. The van der Waals surface area contributed by atoms with Crippen LogP contribution in [0.15, 0.2) is 23.3 Å². The lowest BCUT2D eigenvalue weighted by atomic mass is 9.67. The molecule has 3 saturated heterocycles. The van der Waals surface area contributed by atoms with Gasteiger partial charge in [0.1, 0.15) is 24.4 Å². The zero-order valence-corrected chi connectivity index (χ0v) is 34.9. The minimum atomic E-state index is -0.591. The molecule has 55 heavy (non-hydrogen) atoms. The highest BCUT2D eigenvalue weighted by atomic mass is 16.7. The largest absolute Gasteiger partial charge is 0.462 e. The molecule has 5 fully saturated rings. The van der Waals surface area contributed by atoms with Crippen LogP contribution in [0.25, 0.3) is 0 Å². The Morgan fingerprint density at radius 2 is 1.56 bits per heavy atom. The van der Waals surface area contributed by atoms with E-state index in [0.717, 1.165) is 69.8 Å². The minimum Gasteiger partial charge on any atom is -0.462 e. The molecule has 0 aromatic rings. The molecule has 7 rings (SSSR count). The molecular weight excluding hydrogens is 702 g/mol. The number of esters is 1. The van der Waals surface area contributed by atoms with Gasteiger partial charge in [-0.3, -0.25) is 9.59 Å². The number of methoxy groups -OCH3 is 3.